The van der Waals surface area contributed by atoms with Gasteiger partial charge >= 0.3 is 0 Å². The Kier molecular flexibility index (Phi) is 2.44. The molecule has 61 valence electrons. The highest BCUT2D eigenvalue weighted by molar-refractivity contribution is 7.80. The first-order chi connectivity index (χ1) is 5.65. The zero-order valence-electron chi connectivity index (χ0n) is 5.85. The van der Waals surface area contributed by atoms with Gasteiger partial charge in [0.2, 0.25) is 6.29 Å². The summed E-state index contributed by atoms with van der Waals surface area (Å²) in [6.45, 7) is 0. The summed E-state index contributed by atoms with van der Waals surface area (Å²) in [5, 5.41) is 10.3. The summed E-state index contributed by atoms with van der Waals surface area (Å²) in [7, 11) is 0. The number of carbonyl (C=O) groups excluding carboxylic acids is 1. The first kappa shape index (κ1) is 8.73. The van der Waals surface area contributed by atoms with Crippen LogP contribution >= 0.6 is 12.6 Å². The fourth-order valence-corrected chi connectivity index (χ4v) is 0.969. The maximum atomic E-state index is 10.3. The molecule has 1 aromatic rings. The predicted octanol–water partition coefficient (Wildman–Crippen LogP) is 1.34. The molecule has 0 atom stereocenters. The van der Waals surface area contributed by atoms with E-state index in [1.807, 2.05) is 0 Å². The van der Waals surface area contributed by atoms with Crippen LogP contribution in [-0.2, 0) is 4.79 Å². The quantitative estimate of drug-likeness (QED) is 0.426. The summed E-state index contributed by atoms with van der Waals surface area (Å²) in [5.41, 5.74) is -0.324. The Morgan fingerprint density at radius 3 is 2.67 bits per heavy atom. The van der Waals surface area contributed by atoms with Gasteiger partial charge in [0.15, 0.2) is 0 Å². The van der Waals surface area contributed by atoms with Gasteiger partial charge in [-0.2, -0.15) is 0 Å². The van der Waals surface area contributed by atoms with E-state index in [2.05, 4.69) is 12.6 Å². The summed E-state index contributed by atoms with van der Waals surface area (Å²) >= 11 is 3.92. The number of rotatable bonds is 2. The molecule has 0 heterocycles. The van der Waals surface area contributed by atoms with Gasteiger partial charge in [-0.3, -0.25) is 14.9 Å². The number of nitro benzene ring substituents is 1. The Labute approximate surface area is 73.8 Å². The van der Waals surface area contributed by atoms with Gasteiger partial charge in [-0.15, -0.1) is 12.6 Å². The molecule has 0 aromatic heterocycles. The maximum absolute atomic E-state index is 10.3. The minimum Gasteiger partial charge on any atom is -0.285 e. The van der Waals surface area contributed by atoms with Crippen molar-refractivity contribution >= 4 is 24.6 Å². The SMILES string of the molecule is O=[C]c1cc(S)ccc1[N+](=O)[O-]. The summed E-state index contributed by atoms with van der Waals surface area (Å²) in [6.07, 6.45) is 1.48. The monoisotopic (exact) mass is 182 g/mol. The molecule has 0 aliphatic rings. The summed E-state index contributed by atoms with van der Waals surface area (Å²) < 4.78 is 0. The van der Waals surface area contributed by atoms with Crippen LogP contribution in [0.15, 0.2) is 23.1 Å². The molecule has 0 spiro atoms. The fraction of sp³-hybridized carbons (Fsp3) is 0. The lowest BCUT2D eigenvalue weighted by Crippen LogP contribution is -1.93. The molecule has 12 heavy (non-hydrogen) atoms. The van der Waals surface area contributed by atoms with E-state index in [-0.39, 0.29) is 11.3 Å². The molecule has 1 aromatic carbocycles. The highest BCUT2D eigenvalue weighted by atomic mass is 32.1. The zero-order valence-corrected chi connectivity index (χ0v) is 6.75. The van der Waals surface area contributed by atoms with Crippen molar-refractivity contribution in [3.63, 3.8) is 0 Å². The minimum absolute atomic E-state index is 0.0764. The molecule has 1 rings (SSSR count). The zero-order chi connectivity index (χ0) is 9.14. The Morgan fingerprint density at radius 2 is 2.17 bits per heavy atom. The Bertz CT molecular complexity index is 337. The summed E-state index contributed by atoms with van der Waals surface area (Å²) in [5.74, 6) is 0. The van der Waals surface area contributed by atoms with Gasteiger partial charge in [0, 0.05) is 11.0 Å². The van der Waals surface area contributed by atoms with E-state index in [4.69, 9.17) is 0 Å². The molecule has 0 N–H and O–H groups in total. The van der Waals surface area contributed by atoms with Crippen LogP contribution in [0, 0.1) is 10.1 Å². The number of thiol groups is 1. The van der Waals surface area contributed by atoms with Crippen LogP contribution in [0.4, 0.5) is 5.69 Å². The van der Waals surface area contributed by atoms with Crippen molar-refractivity contribution < 1.29 is 9.72 Å². The standard InChI is InChI=1S/C7H4NO3S/c9-4-5-3-6(12)1-2-7(5)8(10)11/h1-3,12H. The van der Waals surface area contributed by atoms with Gasteiger partial charge in [-0.05, 0) is 12.1 Å². The van der Waals surface area contributed by atoms with E-state index >= 15 is 0 Å². The van der Waals surface area contributed by atoms with Crippen molar-refractivity contribution in [2.75, 3.05) is 0 Å². The van der Waals surface area contributed by atoms with Crippen molar-refractivity contribution in [2.45, 2.75) is 4.90 Å². The molecule has 0 amide bonds. The third-order valence-corrected chi connectivity index (χ3v) is 1.56. The first-order valence-corrected chi connectivity index (χ1v) is 3.45. The average Bonchev–Trinajstić information content (AvgIpc) is 2.03. The number of benzene rings is 1. The average molecular weight is 182 g/mol. The number of nitrogens with zero attached hydrogens (tertiary/aromatic N) is 1. The van der Waals surface area contributed by atoms with E-state index in [1.165, 1.54) is 24.5 Å². The molecule has 0 fully saturated rings. The van der Waals surface area contributed by atoms with Crippen molar-refractivity contribution in [3.8, 4) is 0 Å². The Morgan fingerprint density at radius 1 is 1.50 bits per heavy atom. The first-order valence-electron chi connectivity index (χ1n) is 3.00. The second-order valence-electron chi connectivity index (χ2n) is 2.06. The van der Waals surface area contributed by atoms with E-state index in [1.54, 1.807) is 0 Å². The molecule has 0 unspecified atom stereocenters. The highest BCUT2D eigenvalue weighted by Crippen LogP contribution is 2.19. The number of hydrogen-bond acceptors (Lipinski definition) is 4. The van der Waals surface area contributed by atoms with E-state index in [0.29, 0.717) is 4.90 Å². The van der Waals surface area contributed by atoms with Gasteiger partial charge in [0.1, 0.15) is 5.56 Å². The summed E-state index contributed by atoms with van der Waals surface area (Å²) in [6, 6.07) is 3.97. The molecule has 1 radical (unpaired) electrons. The smallest absolute Gasteiger partial charge is 0.280 e. The van der Waals surface area contributed by atoms with Gasteiger partial charge in [-0.1, -0.05) is 0 Å². The lowest BCUT2D eigenvalue weighted by molar-refractivity contribution is -0.385. The predicted molar refractivity (Wildman–Crippen MR) is 45.1 cm³/mol. The summed E-state index contributed by atoms with van der Waals surface area (Å²) in [4.78, 5) is 20.4. The highest BCUT2D eigenvalue weighted by Gasteiger charge is 2.12. The lowest BCUT2D eigenvalue weighted by Gasteiger charge is -1.94. The normalized spacial score (nSPS) is 9.42. The van der Waals surface area contributed by atoms with Crippen LogP contribution < -0.4 is 0 Å². The second-order valence-corrected chi connectivity index (χ2v) is 2.58. The van der Waals surface area contributed by atoms with Crippen LogP contribution in [0.2, 0.25) is 0 Å². The minimum atomic E-state index is -0.631. The number of nitro groups is 1. The molecule has 0 aliphatic carbocycles. The van der Waals surface area contributed by atoms with E-state index in [0.717, 1.165) is 0 Å². The Balaban J connectivity index is 3.29. The van der Waals surface area contributed by atoms with Gasteiger partial charge in [0.05, 0.1) is 4.92 Å². The van der Waals surface area contributed by atoms with Crippen LogP contribution in [0.5, 0.6) is 0 Å². The molecular weight excluding hydrogens is 178 g/mol. The molecule has 0 bridgehead atoms. The van der Waals surface area contributed by atoms with Crippen molar-refractivity contribution in [3.05, 3.63) is 33.9 Å². The van der Waals surface area contributed by atoms with Gasteiger partial charge in [-0.25, -0.2) is 0 Å². The molecule has 0 saturated heterocycles. The van der Waals surface area contributed by atoms with Crippen LogP contribution in [-0.4, -0.2) is 11.2 Å². The van der Waals surface area contributed by atoms with Crippen LogP contribution in [0.1, 0.15) is 5.56 Å². The van der Waals surface area contributed by atoms with Crippen molar-refractivity contribution in [2.24, 2.45) is 0 Å². The maximum Gasteiger partial charge on any atom is 0.280 e. The van der Waals surface area contributed by atoms with Crippen molar-refractivity contribution in [1.29, 1.82) is 0 Å². The van der Waals surface area contributed by atoms with E-state index in [9.17, 15) is 14.9 Å². The largest absolute Gasteiger partial charge is 0.285 e. The Hall–Kier alpha value is -1.36. The topological polar surface area (TPSA) is 60.2 Å². The third-order valence-electron chi connectivity index (χ3n) is 1.29. The van der Waals surface area contributed by atoms with Gasteiger partial charge < -0.3 is 0 Å². The number of hydrogen-bond donors (Lipinski definition) is 1. The fourth-order valence-electron chi connectivity index (χ4n) is 0.765. The van der Waals surface area contributed by atoms with E-state index < -0.39 is 4.92 Å². The van der Waals surface area contributed by atoms with Gasteiger partial charge in [0.25, 0.3) is 5.69 Å². The van der Waals surface area contributed by atoms with Crippen LogP contribution in [0.25, 0.3) is 0 Å². The molecule has 5 heteroatoms. The molecule has 0 aliphatic heterocycles. The molecule has 0 saturated carbocycles. The van der Waals surface area contributed by atoms with Crippen molar-refractivity contribution in [1.82, 2.24) is 0 Å². The second kappa shape index (κ2) is 3.36. The molecule has 4 nitrogen and oxygen atoms in total. The lowest BCUT2D eigenvalue weighted by atomic mass is 10.2. The third kappa shape index (κ3) is 1.62. The molecular formula is C7H4NO3S. The van der Waals surface area contributed by atoms with Crippen LogP contribution in [0.3, 0.4) is 0 Å².